The van der Waals surface area contributed by atoms with E-state index in [2.05, 4.69) is 10.3 Å². The number of amides is 1. The number of nitrogens with zero attached hydrogens (tertiary/aromatic N) is 2. The Kier molecular flexibility index (Phi) is 5.42. The van der Waals surface area contributed by atoms with Gasteiger partial charge in [-0.2, -0.15) is 0 Å². The van der Waals surface area contributed by atoms with Gasteiger partial charge in [-0.1, -0.05) is 0 Å². The number of ether oxygens (including phenoxy) is 1. The van der Waals surface area contributed by atoms with E-state index in [1.807, 2.05) is 7.05 Å². The largest absolute Gasteiger partial charge is 0.480 e. The van der Waals surface area contributed by atoms with Crippen molar-refractivity contribution in [3.05, 3.63) is 23.9 Å². The van der Waals surface area contributed by atoms with Gasteiger partial charge in [0.2, 0.25) is 5.88 Å². The van der Waals surface area contributed by atoms with Crippen LogP contribution >= 0.6 is 0 Å². The monoisotopic (exact) mass is 237 g/mol. The summed E-state index contributed by atoms with van der Waals surface area (Å²) >= 11 is 0. The van der Waals surface area contributed by atoms with Crippen molar-refractivity contribution in [1.29, 1.82) is 0 Å². The third-order valence-corrected chi connectivity index (χ3v) is 2.46. The van der Waals surface area contributed by atoms with Gasteiger partial charge in [-0.25, -0.2) is 4.98 Å². The summed E-state index contributed by atoms with van der Waals surface area (Å²) in [6.45, 7) is 1.60. The zero-order chi connectivity index (χ0) is 12.7. The summed E-state index contributed by atoms with van der Waals surface area (Å²) in [6, 6.07) is 3.46. The fourth-order valence-corrected chi connectivity index (χ4v) is 1.52. The van der Waals surface area contributed by atoms with Crippen LogP contribution in [0, 0.1) is 0 Å². The minimum atomic E-state index is -0.0638. The summed E-state index contributed by atoms with van der Waals surface area (Å²) in [4.78, 5) is 17.8. The molecule has 0 atom stereocenters. The number of carbonyl (C=O) groups excluding carboxylic acids is 1. The summed E-state index contributed by atoms with van der Waals surface area (Å²) in [7, 11) is 5.19. The van der Waals surface area contributed by atoms with Crippen LogP contribution in [0.5, 0.6) is 5.88 Å². The van der Waals surface area contributed by atoms with Crippen molar-refractivity contribution in [3.8, 4) is 5.88 Å². The molecule has 1 N–H and O–H groups in total. The van der Waals surface area contributed by atoms with Crippen molar-refractivity contribution in [3.63, 3.8) is 0 Å². The Balaban J connectivity index is 2.67. The quantitative estimate of drug-likeness (QED) is 0.743. The van der Waals surface area contributed by atoms with Gasteiger partial charge in [0.05, 0.1) is 7.11 Å². The molecule has 0 aliphatic rings. The first-order valence-corrected chi connectivity index (χ1v) is 5.59. The van der Waals surface area contributed by atoms with Crippen LogP contribution in [0.15, 0.2) is 18.3 Å². The van der Waals surface area contributed by atoms with Crippen LogP contribution in [0.25, 0.3) is 0 Å². The van der Waals surface area contributed by atoms with Crippen LogP contribution in [0.3, 0.4) is 0 Å². The predicted octanol–water partition coefficient (Wildman–Crippen LogP) is 0.772. The van der Waals surface area contributed by atoms with Gasteiger partial charge in [0.15, 0.2) is 0 Å². The summed E-state index contributed by atoms with van der Waals surface area (Å²) in [6.07, 6.45) is 2.53. The normalized spacial score (nSPS) is 10.1. The molecule has 0 saturated carbocycles. The second-order valence-electron chi connectivity index (χ2n) is 3.74. The maximum atomic E-state index is 12.1. The molecule has 17 heavy (non-hydrogen) atoms. The van der Waals surface area contributed by atoms with Crippen molar-refractivity contribution in [2.75, 3.05) is 34.3 Å². The smallest absolute Gasteiger partial charge is 0.259 e. The van der Waals surface area contributed by atoms with E-state index in [0.717, 1.165) is 13.0 Å². The van der Waals surface area contributed by atoms with Gasteiger partial charge >= 0.3 is 0 Å². The molecule has 5 nitrogen and oxygen atoms in total. The lowest BCUT2D eigenvalue weighted by Crippen LogP contribution is -2.29. The fourth-order valence-electron chi connectivity index (χ4n) is 1.52. The molecule has 0 saturated heterocycles. The van der Waals surface area contributed by atoms with E-state index >= 15 is 0 Å². The second-order valence-corrected chi connectivity index (χ2v) is 3.74. The molecule has 0 spiro atoms. The number of pyridine rings is 1. The van der Waals surface area contributed by atoms with Gasteiger partial charge in [-0.15, -0.1) is 0 Å². The zero-order valence-corrected chi connectivity index (χ0v) is 10.6. The maximum Gasteiger partial charge on any atom is 0.259 e. The molecule has 0 bridgehead atoms. The van der Waals surface area contributed by atoms with Crippen molar-refractivity contribution in [1.82, 2.24) is 15.2 Å². The molecule has 1 heterocycles. The van der Waals surface area contributed by atoms with E-state index in [1.165, 1.54) is 7.11 Å². The number of hydrogen-bond donors (Lipinski definition) is 1. The van der Waals surface area contributed by atoms with Crippen molar-refractivity contribution in [2.45, 2.75) is 6.42 Å². The van der Waals surface area contributed by atoms with Crippen LogP contribution in [0.2, 0.25) is 0 Å². The van der Waals surface area contributed by atoms with Crippen LogP contribution in [0.4, 0.5) is 0 Å². The van der Waals surface area contributed by atoms with E-state index in [0.29, 0.717) is 18.0 Å². The van der Waals surface area contributed by atoms with E-state index in [9.17, 15) is 4.79 Å². The number of hydrogen-bond acceptors (Lipinski definition) is 4. The minimum absolute atomic E-state index is 0.0638. The molecule has 0 radical (unpaired) electrons. The Morgan fingerprint density at radius 2 is 2.35 bits per heavy atom. The molecule has 0 aromatic carbocycles. The highest BCUT2D eigenvalue weighted by Crippen LogP contribution is 2.15. The molecule has 94 valence electrons. The molecule has 0 aliphatic carbocycles. The van der Waals surface area contributed by atoms with Gasteiger partial charge in [0.1, 0.15) is 5.56 Å². The maximum absolute atomic E-state index is 12.1. The Morgan fingerprint density at radius 3 is 3.00 bits per heavy atom. The first-order valence-electron chi connectivity index (χ1n) is 5.59. The number of methoxy groups -OCH3 is 1. The number of aromatic nitrogens is 1. The molecular formula is C12H19N3O2. The lowest BCUT2D eigenvalue weighted by atomic mass is 10.2. The van der Waals surface area contributed by atoms with Crippen LogP contribution in [-0.2, 0) is 0 Å². The third-order valence-electron chi connectivity index (χ3n) is 2.46. The van der Waals surface area contributed by atoms with Crippen LogP contribution in [0.1, 0.15) is 16.8 Å². The Bertz CT molecular complexity index is 369. The van der Waals surface area contributed by atoms with Gasteiger partial charge in [0.25, 0.3) is 5.91 Å². The topological polar surface area (TPSA) is 54.5 Å². The highest BCUT2D eigenvalue weighted by Gasteiger charge is 2.16. The molecule has 1 amide bonds. The zero-order valence-electron chi connectivity index (χ0n) is 10.6. The number of nitrogens with one attached hydrogen (secondary N) is 1. The second kappa shape index (κ2) is 6.85. The highest BCUT2D eigenvalue weighted by molar-refractivity contribution is 5.96. The molecule has 1 aromatic rings. The minimum Gasteiger partial charge on any atom is -0.480 e. The Labute approximate surface area is 102 Å². The Hall–Kier alpha value is -1.62. The Morgan fingerprint density at radius 1 is 1.59 bits per heavy atom. The van der Waals surface area contributed by atoms with Gasteiger partial charge in [-0.3, -0.25) is 4.79 Å². The molecule has 0 aliphatic heterocycles. The van der Waals surface area contributed by atoms with Gasteiger partial charge < -0.3 is 15.0 Å². The fraction of sp³-hybridized carbons (Fsp3) is 0.500. The van der Waals surface area contributed by atoms with Crippen molar-refractivity contribution < 1.29 is 9.53 Å². The van der Waals surface area contributed by atoms with Crippen molar-refractivity contribution >= 4 is 5.91 Å². The predicted molar refractivity (Wildman–Crippen MR) is 66.3 cm³/mol. The first kappa shape index (κ1) is 13.4. The number of carbonyl (C=O) groups is 1. The lowest BCUT2D eigenvalue weighted by Gasteiger charge is -2.17. The summed E-state index contributed by atoms with van der Waals surface area (Å²) in [5, 5.41) is 3.05. The average molecular weight is 237 g/mol. The molecule has 0 unspecified atom stereocenters. The molecule has 0 fully saturated rings. The summed E-state index contributed by atoms with van der Waals surface area (Å²) in [5.41, 5.74) is 0.502. The summed E-state index contributed by atoms with van der Waals surface area (Å²) < 4.78 is 5.07. The number of rotatable bonds is 6. The lowest BCUT2D eigenvalue weighted by molar-refractivity contribution is 0.0789. The SMILES string of the molecule is CNCCCN(C)C(=O)c1cccnc1OC. The van der Waals surface area contributed by atoms with Crippen LogP contribution in [-0.4, -0.2) is 50.1 Å². The summed E-state index contributed by atoms with van der Waals surface area (Å²) in [5.74, 6) is 0.309. The first-order chi connectivity index (χ1) is 8.20. The molecule has 1 rings (SSSR count). The van der Waals surface area contributed by atoms with Crippen molar-refractivity contribution in [2.24, 2.45) is 0 Å². The third kappa shape index (κ3) is 3.71. The van der Waals surface area contributed by atoms with Gasteiger partial charge in [-0.05, 0) is 32.1 Å². The van der Waals surface area contributed by atoms with Crippen LogP contribution < -0.4 is 10.1 Å². The molecule has 5 heteroatoms. The van der Waals surface area contributed by atoms with E-state index in [1.54, 1.807) is 30.3 Å². The molecule has 1 aromatic heterocycles. The van der Waals surface area contributed by atoms with Gasteiger partial charge in [0, 0.05) is 19.8 Å². The highest BCUT2D eigenvalue weighted by atomic mass is 16.5. The average Bonchev–Trinajstić information content (AvgIpc) is 2.38. The van der Waals surface area contributed by atoms with E-state index in [4.69, 9.17) is 4.74 Å². The standard InChI is InChI=1S/C12H19N3O2/c1-13-7-5-9-15(2)12(16)10-6-4-8-14-11(10)17-3/h4,6,8,13H,5,7,9H2,1-3H3. The molecular weight excluding hydrogens is 218 g/mol. The van der Waals surface area contributed by atoms with E-state index in [-0.39, 0.29) is 5.91 Å². The van der Waals surface area contributed by atoms with E-state index < -0.39 is 0 Å².